The van der Waals surface area contributed by atoms with Gasteiger partial charge in [0.1, 0.15) is 0 Å². The third-order valence-electron chi connectivity index (χ3n) is 3.56. The Balaban J connectivity index is 1.81. The smallest absolute Gasteiger partial charge is 0.303 e. The molecule has 0 spiro atoms. The van der Waals surface area contributed by atoms with Crippen molar-refractivity contribution in [3.05, 3.63) is 29.3 Å². The number of benzene rings is 1. The molecule has 1 heterocycles. The molecule has 0 aliphatic carbocycles. The van der Waals surface area contributed by atoms with Crippen molar-refractivity contribution in [3.8, 4) is 0 Å². The van der Waals surface area contributed by atoms with E-state index in [1.807, 2.05) is 4.90 Å². The van der Waals surface area contributed by atoms with Gasteiger partial charge < -0.3 is 10.4 Å². The lowest BCUT2D eigenvalue weighted by Crippen LogP contribution is -2.41. The maximum Gasteiger partial charge on any atom is 0.303 e. The van der Waals surface area contributed by atoms with Crippen LogP contribution in [0.2, 0.25) is 5.02 Å². The van der Waals surface area contributed by atoms with Crippen LogP contribution in [0.5, 0.6) is 0 Å². The highest BCUT2D eigenvalue weighted by Gasteiger charge is 2.23. The molecular weight excluding hydrogens is 292 g/mol. The Morgan fingerprint density at radius 1 is 1.33 bits per heavy atom. The number of nitrogens with zero attached hydrogens (tertiary/aromatic N) is 1. The van der Waals surface area contributed by atoms with E-state index < -0.39 is 5.97 Å². The highest BCUT2D eigenvalue weighted by Crippen LogP contribution is 2.19. The van der Waals surface area contributed by atoms with E-state index in [-0.39, 0.29) is 18.2 Å². The van der Waals surface area contributed by atoms with Crippen molar-refractivity contribution >= 4 is 29.2 Å². The van der Waals surface area contributed by atoms with Gasteiger partial charge in [-0.2, -0.15) is 0 Å². The molecule has 1 saturated heterocycles. The quantitative estimate of drug-likeness (QED) is 0.876. The van der Waals surface area contributed by atoms with Crippen molar-refractivity contribution in [2.75, 3.05) is 25.0 Å². The maximum atomic E-state index is 12.0. The SMILES string of the molecule is O=C(O)CC1CCCN(CC(=O)Nc2ccc(Cl)cc2)C1. The number of likely N-dealkylation sites (tertiary alicyclic amines) is 1. The molecule has 1 aromatic rings. The summed E-state index contributed by atoms with van der Waals surface area (Å²) in [7, 11) is 0. The fourth-order valence-electron chi connectivity index (χ4n) is 2.65. The summed E-state index contributed by atoms with van der Waals surface area (Å²) in [5, 5.41) is 12.3. The molecule has 5 nitrogen and oxygen atoms in total. The van der Waals surface area contributed by atoms with Crippen LogP contribution < -0.4 is 5.32 Å². The first-order chi connectivity index (χ1) is 10.0. The van der Waals surface area contributed by atoms with E-state index in [4.69, 9.17) is 16.7 Å². The fraction of sp³-hybridized carbons (Fsp3) is 0.467. The van der Waals surface area contributed by atoms with E-state index in [0.29, 0.717) is 23.8 Å². The summed E-state index contributed by atoms with van der Waals surface area (Å²) in [4.78, 5) is 24.8. The summed E-state index contributed by atoms with van der Waals surface area (Å²) < 4.78 is 0. The molecule has 1 aliphatic heterocycles. The zero-order chi connectivity index (χ0) is 15.2. The number of carbonyl (C=O) groups is 2. The van der Waals surface area contributed by atoms with Crippen molar-refractivity contribution < 1.29 is 14.7 Å². The van der Waals surface area contributed by atoms with Gasteiger partial charge in [0.05, 0.1) is 6.54 Å². The summed E-state index contributed by atoms with van der Waals surface area (Å²) in [5.41, 5.74) is 0.712. The molecule has 21 heavy (non-hydrogen) atoms. The number of halogens is 1. The van der Waals surface area contributed by atoms with E-state index in [2.05, 4.69) is 5.32 Å². The number of aliphatic carboxylic acids is 1. The Hall–Kier alpha value is -1.59. The molecule has 0 bridgehead atoms. The largest absolute Gasteiger partial charge is 0.481 e. The molecule has 1 fully saturated rings. The van der Waals surface area contributed by atoms with Crippen molar-refractivity contribution in [1.82, 2.24) is 4.90 Å². The number of rotatable bonds is 5. The predicted molar refractivity (Wildman–Crippen MR) is 81.5 cm³/mol. The van der Waals surface area contributed by atoms with Gasteiger partial charge in [-0.25, -0.2) is 0 Å². The monoisotopic (exact) mass is 310 g/mol. The second-order valence-corrected chi connectivity index (χ2v) is 5.83. The third kappa shape index (κ3) is 5.36. The number of carboxylic acid groups (broad SMARTS) is 1. The van der Waals surface area contributed by atoms with Crippen LogP contribution in [-0.2, 0) is 9.59 Å². The number of piperidine rings is 1. The van der Waals surface area contributed by atoms with E-state index in [1.54, 1.807) is 24.3 Å². The Kier molecular flexibility index (Phi) is 5.59. The molecular formula is C15H19ClN2O3. The molecule has 1 amide bonds. The van der Waals surface area contributed by atoms with Crippen molar-refractivity contribution in [3.63, 3.8) is 0 Å². The van der Waals surface area contributed by atoms with Gasteiger partial charge in [-0.3, -0.25) is 14.5 Å². The van der Waals surface area contributed by atoms with E-state index in [1.165, 1.54) is 0 Å². The first kappa shape index (κ1) is 15.8. The van der Waals surface area contributed by atoms with Crippen molar-refractivity contribution in [2.24, 2.45) is 5.92 Å². The van der Waals surface area contributed by atoms with E-state index in [9.17, 15) is 9.59 Å². The Bertz CT molecular complexity index is 504. The van der Waals surface area contributed by atoms with Crippen LogP contribution in [-0.4, -0.2) is 41.5 Å². The zero-order valence-corrected chi connectivity index (χ0v) is 12.5. The second-order valence-electron chi connectivity index (χ2n) is 5.40. The molecule has 1 aliphatic rings. The summed E-state index contributed by atoms with van der Waals surface area (Å²) in [6.07, 6.45) is 2.03. The predicted octanol–water partition coefficient (Wildman–Crippen LogP) is 2.47. The van der Waals surface area contributed by atoms with Gasteiger partial charge in [-0.1, -0.05) is 11.6 Å². The Labute approximate surface area is 128 Å². The molecule has 0 radical (unpaired) electrons. The molecule has 1 aromatic carbocycles. The van der Waals surface area contributed by atoms with Gasteiger partial charge in [-0.15, -0.1) is 0 Å². The molecule has 0 aromatic heterocycles. The van der Waals surface area contributed by atoms with Gasteiger partial charge in [0.25, 0.3) is 0 Å². The van der Waals surface area contributed by atoms with Gasteiger partial charge in [0.15, 0.2) is 0 Å². The lowest BCUT2D eigenvalue weighted by molar-refractivity contribution is -0.138. The highest BCUT2D eigenvalue weighted by molar-refractivity contribution is 6.30. The van der Waals surface area contributed by atoms with Crippen LogP contribution in [0.25, 0.3) is 0 Å². The van der Waals surface area contributed by atoms with Crippen LogP contribution in [0, 0.1) is 5.92 Å². The van der Waals surface area contributed by atoms with Crippen LogP contribution in [0.1, 0.15) is 19.3 Å². The summed E-state index contributed by atoms with van der Waals surface area (Å²) >= 11 is 5.79. The first-order valence-electron chi connectivity index (χ1n) is 7.02. The third-order valence-corrected chi connectivity index (χ3v) is 3.81. The summed E-state index contributed by atoms with van der Waals surface area (Å²) in [6, 6.07) is 6.95. The average molecular weight is 311 g/mol. The number of hydrogen-bond donors (Lipinski definition) is 2. The number of carboxylic acids is 1. The minimum absolute atomic E-state index is 0.0895. The van der Waals surface area contributed by atoms with Crippen LogP contribution in [0.15, 0.2) is 24.3 Å². The lowest BCUT2D eigenvalue weighted by Gasteiger charge is -2.31. The van der Waals surface area contributed by atoms with Crippen molar-refractivity contribution in [1.29, 1.82) is 0 Å². The zero-order valence-electron chi connectivity index (χ0n) is 11.7. The number of anilines is 1. The minimum Gasteiger partial charge on any atom is -0.481 e. The lowest BCUT2D eigenvalue weighted by atomic mass is 9.95. The normalized spacial score (nSPS) is 19.2. The highest BCUT2D eigenvalue weighted by atomic mass is 35.5. The number of amides is 1. The number of hydrogen-bond acceptors (Lipinski definition) is 3. The molecule has 1 atom stereocenters. The topological polar surface area (TPSA) is 69.6 Å². The molecule has 114 valence electrons. The van der Waals surface area contributed by atoms with Crippen LogP contribution in [0.4, 0.5) is 5.69 Å². The molecule has 6 heteroatoms. The average Bonchev–Trinajstić information content (AvgIpc) is 2.41. The Morgan fingerprint density at radius 2 is 2.05 bits per heavy atom. The number of nitrogens with one attached hydrogen (secondary N) is 1. The van der Waals surface area contributed by atoms with E-state index in [0.717, 1.165) is 19.4 Å². The second kappa shape index (κ2) is 7.43. The Morgan fingerprint density at radius 3 is 2.71 bits per heavy atom. The first-order valence-corrected chi connectivity index (χ1v) is 7.40. The van der Waals surface area contributed by atoms with Gasteiger partial charge in [0.2, 0.25) is 5.91 Å². The molecule has 2 rings (SSSR count). The molecule has 1 unspecified atom stereocenters. The minimum atomic E-state index is -0.771. The van der Waals surface area contributed by atoms with Gasteiger partial charge in [0, 0.05) is 23.7 Å². The standard InChI is InChI=1S/C15H19ClN2O3/c16-12-3-5-13(6-4-12)17-14(19)10-18-7-1-2-11(9-18)8-15(20)21/h3-6,11H,1-2,7-10H2,(H,17,19)(H,20,21). The fourth-order valence-corrected chi connectivity index (χ4v) is 2.77. The van der Waals surface area contributed by atoms with Gasteiger partial charge >= 0.3 is 5.97 Å². The van der Waals surface area contributed by atoms with Crippen molar-refractivity contribution in [2.45, 2.75) is 19.3 Å². The van der Waals surface area contributed by atoms with E-state index >= 15 is 0 Å². The molecule has 0 saturated carbocycles. The number of carbonyl (C=O) groups excluding carboxylic acids is 1. The van der Waals surface area contributed by atoms with Crippen LogP contribution >= 0.6 is 11.6 Å². The summed E-state index contributed by atoms with van der Waals surface area (Å²) in [5.74, 6) is -0.722. The maximum absolute atomic E-state index is 12.0. The van der Waals surface area contributed by atoms with Crippen LogP contribution in [0.3, 0.4) is 0 Å². The summed E-state index contributed by atoms with van der Waals surface area (Å²) in [6.45, 7) is 1.79. The molecule has 2 N–H and O–H groups in total. The van der Waals surface area contributed by atoms with Gasteiger partial charge in [-0.05, 0) is 49.6 Å².